The number of nitrogens with zero attached hydrogens (tertiary/aromatic N) is 1. The zero-order valence-corrected chi connectivity index (χ0v) is 13.0. The molecule has 1 atom stereocenters. The van der Waals surface area contributed by atoms with E-state index in [1.807, 2.05) is 0 Å². The Balaban J connectivity index is 2.19. The maximum Gasteiger partial charge on any atom is 0.416 e. The molecule has 1 aliphatic heterocycles. The van der Waals surface area contributed by atoms with E-state index in [9.17, 15) is 22.8 Å². The van der Waals surface area contributed by atoms with Crippen molar-refractivity contribution in [1.29, 1.82) is 0 Å². The van der Waals surface area contributed by atoms with E-state index >= 15 is 0 Å². The fourth-order valence-corrected chi connectivity index (χ4v) is 3.00. The second kappa shape index (κ2) is 6.78. The quantitative estimate of drug-likeness (QED) is 0.912. The maximum absolute atomic E-state index is 12.8. The average Bonchev–Trinajstić information content (AvgIpc) is 2.44. The Bertz CT molecular complexity index is 619. The van der Waals surface area contributed by atoms with Crippen molar-refractivity contribution >= 4 is 23.4 Å². The van der Waals surface area contributed by atoms with Gasteiger partial charge in [0.1, 0.15) is 0 Å². The molecule has 1 aliphatic rings. The molecule has 0 unspecified atom stereocenters. The molecule has 1 heterocycles. The van der Waals surface area contributed by atoms with Crippen LogP contribution in [0.5, 0.6) is 0 Å². The zero-order chi connectivity index (χ0) is 17.2. The first kappa shape index (κ1) is 17.6. The molecule has 0 spiro atoms. The second-order valence-electron chi connectivity index (χ2n) is 5.66. The van der Waals surface area contributed by atoms with Crippen molar-refractivity contribution in [2.45, 2.75) is 25.4 Å². The van der Waals surface area contributed by atoms with E-state index in [-0.39, 0.29) is 22.9 Å². The first-order valence-corrected chi connectivity index (χ1v) is 7.50. The summed E-state index contributed by atoms with van der Waals surface area (Å²) in [4.78, 5) is 24.9. The highest BCUT2D eigenvalue weighted by molar-refractivity contribution is 6.31. The van der Waals surface area contributed by atoms with Crippen LogP contribution in [0.1, 0.15) is 35.2 Å². The molecule has 2 amide bonds. The lowest BCUT2D eigenvalue weighted by Crippen LogP contribution is -2.41. The van der Waals surface area contributed by atoms with Gasteiger partial charge in [0.2, 0.25) is 5.91 Å². The van der Waals surface area contributed by atoms with E-state index < -0.39 is 23.6 Å². The molecule has 0 aliphatic carbocycles. The predicted molar refractivity (Wildman–Crippen MR) is 78.9 cm³/mol. The van der Waals surface area contributed by atoms with Gasteiger partial charge in [-0.15, -0.1) is 0 Å². The van der Waals surface area contributed by atoms with Crippen molar-refractivity contribution in [2.24, 2.45) is 11.7 Å². The number of carbonyl (C=O) groups excluding carboxylic acids is 2. The van der Waals surface area contributed by atoms with Crippen molar-refractivity contribution in [3.63, 3.8) is 0 Å². The number of carbonyl (C=O) groups is 2. The first-order chi connectivity index (χ1) is 10.7. The monoisotopic (exact) mass is 348 g/mol. The van der Waals surface area contributed by atoms with Crippen LogP contribution in [0.4, 0.5) is 13.2 Å². The molecule has 1 saturated heterocycles. The number of alkyl halides is 3. The lowest BCUT2D eigenvalue weighted by Gasteiger charge is -2.32. The van der Waals surface area contributed by atoms with E-state index in [2.05, 4.69) is 0 Å². The second-order valence-corrected chi connectivity index (χ2v) is 6.09. The molecule has 8 heteroatoms. The normalized spacial score (nSPS) is 18.8. The molecule has 0 aromatic heterocycles. The number of amides is 2. The fraction of sp³-hybridized carbons (Fsp3) is 0.467. The SMILES string of the molecule is NC(=O)C[C@H]1CCCN(C(=O)c2cc(Cl)cc(C(F)(F)F)c2)C1. The number of primary amides is 1. The summed E-state index contributed by atoms with van der Waals surface area (Å²) >= 11 is 5.70. The highest BCUT2D eigenvalue weighted by Gasteiger charge is 2.33. The van der Waals surface area contributed by atoms with Gasteiger partial charge in [0.05, 0.1) is 5.56 Å². The third-order valence-electron chi connectivity index (χ3n) is 3.77. The minimum atomic E-state index is -4.57. The van der Waals surface area contributed by atoms with Gasteiger partial charge in [-0.25, -0.2) is 0 Å². The largest absolute Gasteiger partial charge is 0.416 e. The van der Waals surface area contributed by atoms with Crippen LogP contribution in [-0.2, 0) is 11.0 Å². The van der Waals surface area contributed by atoms with Crippen molar-refractivity contribution in [1.82, 2.24) is 4.90 Å². The van der Waals surface area contributed by atoms with Crippen LogP contribution in [0.15, 0.2) is 18.2 Å². The van der Waals surface area contributed by atoms with Crippen molar-refractivity contribution in [3.05, 3.63) is 34.3 Å². The van der Waals surface area contributed by atoms with Gasteiger partial charge in [-0.1, -0.05) is 11.6 Å². The summed E-state index contributed by atoms with van der Waals surface area (Å²) < 4.78 is 38.5. The molecule has 1 aromatic rings. The summed E-state index contributed by atoms with van der Waals surface area (Å²) in [5.41, 5.74) is 4.09. The number of halogens is 4. The fourth-order valence-electron chi connectivity index (χ4n) is 2.76. The number of rotatable bonds is 3. The number of piperidine rings is 1. The Morgan fingerprint density at radius 3 is 2.61 bits per heavy atom. The van der Waals surface area contributed by atoms with Gasteiger partial charge in [-0.2, -0.15) is 13.2 Å². The van der Waals surface area contributed by atoms with E-state index in [1.165, 1.54) is 11.0 Å². The molecular formula is C15H16ClF3N2O2. The number of nitrogens with two attached hydrogens (primary N) is 1. The number of hydrogen-bond acceptors (Lipinski definition) is 2. The molecule has 1 fully saturated rings. The Morgan fingerprint density at radius 1 is 1.30 bits per heavy atom. The Labute approximate surface area is 136 Å². The summed E-state index contributed by atoms with van der Waals surface area (Å²) in [6.07, 6.45) is -2.98. The molecule has 126 valence electrons. The van der Waals surface area contributed by atoms with Crippen molar-refractivity contribution in [3.8, 4) is 0 Å². The molecule has 0 saturated carbocycles. The van der Waals surface area contributed by atoms with Gasteiger partial charge in [0, 0.05) is 30.1 Å². The topological polar surface area (TPSA) is 63.4 Å². The third-order valence-corrected chi connectivity index (χ3v) is 3.99. The minimum absolute atomic E-state index is 0.0635. The summed E-state index contributed by atoms with van der Waals surface area (Å²) in [6.45, 7) is 0.734. The van der Waals surface area contributed by atoms with E-state index in [1.54, 1.807) is 0 Å². The average molecular weight is 349 g/mol. The van der Waals surface area contributed by atoms with Crippen LogP contribution in [-0.4, -0.2) is 29.8 Å². The summed E-state index contributed by atoms with van der Waals surface area (Å²) in [7, 11) is 0. The van der Waals surface area contributed by atoms with Crippen LogP contribution in [0.3, 0.4) is 0 Å². The van der Waals surface area contributed by atoms with Crippen LogP contribution >= 0.6 is 11.6 Å². The molecular weight excluding hydrogens is 333 g/mol. The molecule has 4 nitrogen and oxygen atoms in total. The van der Waals surface area contributed by atoms with Crippen LogP contribution in [0.2, 0.25) is 5.02 Å². The van der Waals surface area contributed by atoms with E-state index in [4.69, 9.17) is 17.3 Å². The summed E-state index contributed by atoms with van der Waals surface area (Å²) in [5, 5.41) is -0.145. The summed E-state index contributed by atoms with van der Waals surface area (Å²) in [6, 6.07) is 2.80. The number of likely N-dealkylation sites (tertiary alicyclic amines) is 1. The smallest absolute Gasteiger partial charge is 0.370 e. The van der Waals surface area contributed by atoms with E-state index in [0.717, 1.165) is 18.6 Å². The van der Waals surface area contributed by atoms with Crippen LogP contribution < -0.4 is 5.73 Å². The number of benzene rings is 1. The lowest BCUT2D eigenvalue weighted by atomic mass is 9.94. The molecule has 2 rings (SSSR count). The lowest BCUT2D eigenvalue weighted by molar-refractivity contribution is -0.137. The van der Waals surface area contributed by atoms with E-state index in [0.29, 0.717) is 19.5 Å². The number of hydrogen-bond donors (Lipinski definition) is 1. The van der Waals surface area contributed by atoms with Gasteiger partial charge in [0.25, 0.3) is 5.91 Å². The molecule has 0 bridgehead atoms. The molecule has 1 aromatic carbocycles. The Kier molecular flexibility index (Phi) is 5.19. The van der Waals surface area contributed by atoms with Gasteiger partial charge >= 0.3 is 6.18 Å². The predicted octanol–water partition coefficient (Wildman–Crippen LogP) is 3.09. The minimum Gasteiger partial charge on any atom is -0.370 e. The van der Waals surface area contributed by atoms with Gasteiger partial charge in [-0.3, -0.25) is 9.59 Å². The van der Waals surface area contributed by atoms with Gasteiger partial charge < -0.3 is 10.6 Å². The van der Waals surface area contributed by atoms with Crippen molar-refractivity contribution in [2.75, 3.05) is 13.1 Å². The third kappa shape index (κ3) is 4.60. The standard InChI is InChI=1S/C15H16ClF3N2O2/c16-12-6-10(5-11(7-12)15(17,18)19)14(23)21-3-1-2-9(8-21)4-13(20)22/h5-7,9H,1-4,8H2,(H2,20,22)/t9-/m1/s1. The molecule has 0 radical (unpaired) electrons. The Hall–Kier alpha value is -1.76. The highest BCUT2D eigenvalue weighted by Crippen LogP contribution is 2.32. The van der Waals surface area contributed by atoms with Crippen LogP contribution in [0.25, 0.3) is 0 Å². The van der Waals surface area contributed by atoms with Crippen molar-refractivity contribution < 1.29 is 22.8 Å². The maximum atomic E-state index is 12.8. The highest BCUT2D eigenvalue weighted by atomic mass is 35.5. The van der Waals surface area contributed by atoms with Crippen LogP contribution in [0, 0.1) is 5.92 Å². The molecule has 2 N–H and O–H groups in total. The Morgan fingerprint density at radius 2 is 2.00 bits per heavy atom. The zero-order valence-electron chi connectivity index (χ0n) is 12.2. The van der Waals surface area contributed by atoms with Gasteiger partial charge in [-0.05, 0) is 37.0 Å². The van der Waals surface area contributed by atoms with Gasteiger partial charge in [0.15, 0.2) is 0 Å². The summed E-state index contributed by atoms with van der Waals surface area (Å²) in [5.74, 6) is -1.04. The first-order valence-electron chi connectivity index (χ1n) is 7.12. The molecule has 23 heavy (non-hydrogen) atoms.